The topological polar surface area (TPSA) is 99.4 Å². The number of benzene rings is 2. The Bertz CT molecular complexity index is 1500. The highest BCUT2D eigenvalue weighted by Gasteiger charge is 2.33. The first-order chi connectivity index (χ1) is 17.2. The molecule has 0 saturated heterocycles. The van der Waals surface area contributed by atoms with Crippen molar-refractivity contribution >= 4 is 23.4 Å². The Hall–Kier alpha value is -3.85. The third-order valence-electron chi connectivity index (χ3n) is 5.59. The third-order valence-corrected chi connectivity index (χ3v) is 6.57. The van der Waals surface area contributed by atoms with E-state index in [4.69, 9.17) is 14.2 Å². The highest BCUT2D eigenvalue weighted by Crippen LogP contribution is 2.32. The Labute approximate surface area is 212 Å². The summed E-state index contributed by atoms with van der Waals surface area (Å²) in [4.78, 5) is 31.9. The van der Waals surface area contributed by atoms with Gasteiger partial charge in [-0.25, -0.2) is 9.79 Å². The number of ether oxygens (including phenoxy) is 3. The molecule has 0 spiro atoms. The first-order valence-corrected chi connectivity index (χ1v) is 12.4. The number of carbonyl (C=O) groups excluding carboxylic acids is 1. The van der Waals surface area contributed by atoms with Gasteiger partial charge in [0.1, 0.15) is 5.75 Å². The van der Waals surface area contributed by atoms with E-state index in [1.165, 1.54) is 29.1 Å². The molecule has 1 aromatic heterocycles. The maximum absolute atomic E-state index is 13.7. The number of allylic oxidation sites excluding steroid dienone is 1. The van der Waals surface area contributed by atoms with Crippen LogP contribution in [0.4, 0.5) is 0 Å². The largest absolute Gasteiger partial charge is 0.504 e. The molecule has 2 heterocycles. The Morgan fingerprint density at radius 3 is 2.56 bits per heavy atom. The van der Waals surface area contributed by atoms with Crippen molar-refractivity contribution in [3.8, 4) is 17.2 Å². The quantitative estimate of drug-likeness (QED) is 0.492. The van der Waals surface area contributed by atoms with E-state index in [1.54, 1.807) is 39.0 Å². The minimum absolute atomic E-state index is 0.0270. The summed E-state index contributed by atoms with van der Waals surface area (Å²) < 4.78 is 18.1. The fraction of sp³-hybridized carbons (Fsp3) is 0.296. The molecule has 0 bridgehead atoms. The van der Waals surface area contributed by atoms with Crippen molar-refractivity contribution in [1.82, 2.24) is 4.57 Å². The van der Waals surface area contributed by atoms with Gasteiger partial charge in [-0.2, -0.15) is 0 Å². The van der Waals surface area contributed by atoms with E-state index in [9.17, 15) is 14.7 Å². The average Bonchev–Trinajstić information content (AvgIpc) is 3.13. The van der Waals surface area contributed by atoms with Gasteiger partial charge < -0.3 is 19.3 Å². The molecule has 36 heavy (non-hydrogen) atoms. The van der Waals surface area contributed by atoms with E-state index in [2.05, 4.69) is 4.99 Å². The summed E-state index contributed by atoms with van der Waals surface area (Å²) in [5.74, 6) is 0.494. The zero-order valence-corrected chi connectivity index (χ0v) is 21.6. The zero-order valence-electron chi connectivity index (χ0n) is 20.8. The number of methoxy groups -OCH3 is 1. The summed E-state index contributed by atoms with van der Waals surface area (Å²) in [5, 5.41) is 10.1. The summed E-state index contributed by atoms with van der Waals surface area (Å²) in [6.07, 6.45) is 1.36. The molecule has 1 N–H and O–H groups in total. The Balaban J connectivity index is 1.89. The molecule has 1 aliphatic rings. The predicted octanol–water partition coefficient (Wildman–Crippen LogP) is 3.30. The van der Waals surface area contributed by atoms with Crippen molar-refractivity contribution in [3.63, 3.8) is 0 Å². The van der Waals surface area contributed by atoms with Crippen LogP contribution in [0.5, 0.6) is 17.2 Å². The normalized spacial score (nSPS) is 15.5. The molecule has 3 aromatic rings. The van der Waals surface area contributed by atoms with Gasteiger partial charge in [0.25, 0.3) is 5.56 Å². The number of carbonyl (C=O) groups is 1. The van der Waals surface area contributed by atoms with Crippen molar-refractivity contribution in [2.45, 2.75) is 39.8 Å². The van der Waals surface area contributed by atoms with Crippen molar-refractivity contribution in [3.05, 3.63) is 84.5 Å². The summed E-state index contributed by atoms with van der Waals surface area (Å²) in [6.45, 7) is 7.73. The van der Waals surface area contributed by atoms with Crippen LogP contribution in [0.3, 0.4) is 0 Å². The smallest absolute Gasteiger partial charge is 0.338 e. The molecule has 9 heteroatoms. The van der Waals surface area contributed by atoms with Crippen molar-refractivity contribution in [2.75, 3.05) is 13.7 Å². The van der Waals surface area contributed by atoms with Crippen LogP contribution in [0.15, 0.2) is 63.5 Å². The van der Waals surface area contributed by atoms with Gasteiger partial charge in [0.2, 0.25) is 0 Å². The maximum Gasteiger partial charge on any atom is 0.338 e. The van der Waals surface area contributed by atoms with Gasteiger partial charge in [-0.3, -0.25) is 9.36 Å². The Kier molecular flexibility index (Phi) is 7.30. The molecule has 8 nitrogen and oxygen atoms in total. The van der Waals surface area contributed by atoms with Crippen LogP contribution in [0, 0.1) is 0 Å². The first kappa shape index (κ1) is 25.2. The van der Waals surface area contributed by atoms with Crippen molar-refractivity contribution < 1.29 is 24.1 Å². The molecule has 0 aliphatic carbocycles. The molecule has 0 unspecified atom stereocenters. The van der Waals surface area contributed by atoms with Gasteiger partial charge in [0.15, 0.2) is 16.3 Å². The van der Waals surface area contributed by atoms with Crippen molar-refractivity contribution in [2.24, 2.45) is 4.99 Å². The molecule has 2 aromatic carbocycles. The Morgan fingerprint density at radius 2 is 1.94 bits per heavy atom. The number of rotatable bonds is 7. The molecule has 0 saturated carbocycles. The predicted molar refractivity (Wildman–Crippen MR) is 137 cm³/mol. The number of esters is 1. The fourth-order valence-electron chi connectivity index (χ4n) is 4.04. The van der Waals surface area contributed by atoms with E-state index in [-0.39, 0.29) is 17.4 Å². The van der Waals surface area contributed by atoms with Crippen molar-refractivity contribution in [1.29, 1.82) is 0 Å². The highest BCUT2D eigenvalue weighted by atomic mass is 32.1. The first-order valence-electron chi connectivity index (χ1n) is 11.6. The highest BCUT2D eigenvalue weighted by molar-refractivity contribution is 7.07. The summed E-state index contributed by atoms with van der Waals surface area (Å²) in [7, 11) is 1.47. The lowest BCUT2D eigenvalue weighted by molar-refractivity contribution is -0.143. The lowest BCUT2D eigenvalue weighted by Crippen LogP contribution is -2.40. The molecule has 1 aliphatic heterocycles. The van der Waals surface area contributed by atoms with E-state index in [0.717, 1.165) is 5.56 Å². The van der Waals surface area contributed by atoms with Gasteiger partial charge in [0.05, 0.1) is 41.7 Å². The fourth-order valence-corrected chi connectivity index (χ4v) is 5.08. The van der Waals surface area contributed by atoms with Crippen LogP contribution in [0.1, 0.15) is 44.9 Å². The second kappa shape index (κ2) is 10.4. The van der Waals surface area contributed by atoms with E-state index in [1.807, 2.05) is 31.2 Å². The standard InChI is InChI=1S/C27H28N2O6S/c1-6-34-19-10-8-18(9-11-19)24-23(26(32)35-15(2)3)16(4)28-27-29(24)25(31)22(36-27)14-17-7-12-21(33-5)20(30)13-17/h7-15,24,30H,6H2,1-5H3/b22-14+/t24-/m1/s1. The molecule has 0 amide bonds. The molecule has 0 radical (unpaired) electrons. The lowest BCUT2D eigenvalue weighted by atomic mass is 9.96. The van der Waals surface area contributed by atoms with Crippen LogP contribution >= 0.6 is 11.3 Å². The Morgan fingerprint density at radius 1 is 1.22 bits per heavy atom. The zero-order chi connectivity index (χ0) is 26.0. The van der Waals surface area contributed by atoms with Gasteiger partial charge in [0, 0.05) is 0 Å². The molecule has 1 atom stereocenters. The number of fused-ring (bicyclic) bond motifs is 1. The van der Waals surface area contributed by atoms with Crippen LogP contribution in [0.2, 0.25) is 0 Å². The van der Waals surface area contributed by atoms with E-state index < -0.39 is 12.0 Å². The molecular weight excluding hydrogens is 480 g/mol. The monoisotopic (exact) mass is 508 g/mol. The minimum atomic E-state index is -0.713. The summed E-state index contributed by atoms with van der Waals surface area (Å²) in [6, 6.07) is 11.5. The number of phenols is 1. The summed E-state index contributed by atoms with van der Waals surface area (Å²) in [5.41, 5.74) is 1.88. The second-order valence-electron chi connectivity index (χ2n) is 8.47. The van der Waals surface area contributed by atoms with E-state index in [0.29, 0.717) is 44.3 Å². The minimum Gasteiger partial charge on any atom is -0.504 e. The van der Waals surface area contributed by atoms with E-state index >= 15 is 0 Å². The number of aromatic hydroxyl groups is 1. The molecule has 188 valence electrons. The second-order valence-corrected chi connectivity index (χ2v) is 9.48. The van der Waals surface area contributed by atoms with Gasteiger partial charge in [-0.1, -0.05) is 29.5 Å². The number of thiazole rings is 1. The average molecular weight is 509 g/mol. The molecule has 4 rings (SSSR count). The number of hydrogen-bond acceptors (Lipinski definition) is 8. The number of phenolic OH excluding ortho intramolecular Hbond substituents is 1. The van der Waals surface area contributed by atoms with Crippen LogP contribution in [-0.2, 0) is 9.53 Å². The number of aromatic nitrogens is 1. The van der Waals surface area contributed by atoms with Gasteiger partial charge in [-0.05, 0) is 69.2 Å². The van der Waals surface area contributed by atoms with Gasteiger partial charge >= 0.3 is 5.97 Å². The van der Waals surface area contributed by atoms with Crippen LogP contribution in [-0.4, -0.2) is 35.5 Å². The lowest BCUT2D eigenvalue weighted by Gasteiger charge is -2.25. The number of hydrogen-bond donors (Lipinski definition) is 1. The van der Waals surface area contributed by atoms with Crippen LogP contribution in [0.25, 0.3) is 6.08 Å². The maximum atomic E-state index is 13.7. The molecular formula is C27H28N2O6S. The number of nitrogens with zero attached hydrogens (tertiary/aromatic N) is 2. The van der Waals surface area contributed by atoms with Crippen LogP contribution < -0.4 is 24.4 Å². The van der Waals surface area contributed by atoms with Gasteiger partial charge in [-0.15, -0.1) is 0 Å². The SMILES string of the molecule is CCOc1ccc([C@@H]2C(C(=O)OC(C)C)=C(C)N=c3s/c(=C/c4ccc(OC)c(O)c4)c(=O)n32)cc1. The third kappa shape index (κ3) is 4.92. The molecule has 0 fully saturated rings. The summed E-state index contributed by atoms with van der Waals surface area (Å²) >= 11 is 1.22.